The first kappa shape index (κ1) is 9.86. The van der Waals surface area contributed by atoms with E-state index < -0.39 is 6.09 Å². The Hall–Kier alpha value is -1.22. The fourth-order valence-electron chi connectivity index (χ4n) is 1.01. The van der Waals surface area contributed by atoms with Gasteiger partial charge in [0.15, 0.2) is 0 Å². The van der Waals surface area contributed by atoms with Crippen LogP contribution >= 0.6 is 11.6 Å². The molecule has 0 radical (unpaired) electrons. The van der Waals surface area contributed by atoms with Gasteiger partial charge < -0.3 is 10.4 Å². The van der Waals surface area contributed by atoms with E-state index in [0.717, 1.165) is 5.56 Å². The predicted octanol–water partition coefficient (Wildman–Crippen LogP) is 2.15. The highest BCUT2D eigenvalue weighted by Crippen LogP contribution is 2.10. The van der Waals surface area contributed by atoms with Crippen molar-refractivity contribution in [2.24, 2.45) is 0 Å². The van der Waals surface area contributed by atoms with Crippen LogP contribution in [0, 0.1) is 0 Å². The Balaban J connectivity index is 2.41. The van der Waals surface area contributed by atoms with Gasteiger partial charge >= 0.3 is 6.09 Å². The topological polar surface area (TPSA) is 49.3 Å². The van der Waals surface area contributed by atoms with Gasteiger partial charge in [0, 0.05) is 11.6 Å². The van der Waals surface area contributed by atoms with Crippen LogP contribution in [0.15, 0.2) is 24.3 Å². The highest BCUT2D eigenvalue weighted by molar-refractivity contribution is 6.30. The van der Waals surface area contributed by atoms with Crippen molar-refractivity contribution in [3.8, 4) is 0 Å². The van der Waals surface area contributed by atoms with Crippen molar-refractivity contribution in [1.82, 2.24) is 5.32 Å². The second-order valence-corrected chi connectivity index (χ2v) is 3.05. The normalized spacial score (nSPS) is 9.62. The Labute approximate surface area is 81.3 Å². The SMILES string of the molecule is O=C(O)NCCc1cccc(Cl)c1. The second kappa shape index (κ2) is 4.72. The molecule has 0 atom stereocenters. The number of carboxylic acid groups (broad SMARTS) is 1. The molecule has 0 aliphatic carbocycles. The number of amides is 1. The highest BCUT2D eigenvalue weighted by atomic mass is 35.5. The van der Waals surface area contributed by atoms with E-state index in [1.165, 1.54) is 0 Å². The van der Waals surface area contributed by atoms with Gasteiger partial charge in [-0.25, -0.2) is 4.79 Å². The monoisotopic (exact) mass is 199 g/mol. The zero-order chi connectivity index (χ0) is 9.68. The van der Waals surface area contributed by atoms with Crippen molar-refractivity contribution in [2.45, 2.75) is 6.42 Å². The molecule has 3 nitrogen and oxygen atoms in total. The molecule has 0 heterocycles. The van der Waals surface area contributed by atoms with Crippen LogP contribution in [0.4, 0.5) is 4.79 Å². The van der Waals surface area contributed by atoms with Crippen LogP contribution in [0.3, 0.4) is 0 Å². The van der Waals surface area contributed by atoms with Crippen LogP contribution in [0.2, 0.25) is 5.02 Å². The van der Waals surface area contributed by atoms with E-state index in [-0.39, 0.29) is 0 Å². The van der Waals surface area contributed by atoms with E-state index >= 15 is 0 Å². The molecule has 0 aliphatic heterocycles. The zero-order valence-electron chi connectivity index (χ0n) is 6.96. The van der Waals surface area contributed by atoms with Crippen LogP contribution < -0.4 is 5.32 Å². The minimum atomic E-state index is -0.998. The Morgan fingerprint density at radius 2 is 2.31 bits per heavy atom. The number of carbonyl (C=O) groups is 1. The van der Waals surface area contributed by atoms with Crippen LogP contribution in [0.1, 0.15) is 5.56 Å². The number of hydrogen-bond donors (Lipinski definition) is 2. The maximum Gasteiger partial charge on any atom is 0.404 e. The van der Waals surface area contributed by atoms with Gasteiger partial charge in [-0.15, -0.1) is 0 Å². The molecule has 0 bridgehead atoms. The molecule has 0 spiro atoms. The third-order valence-electron chi connectivity index (χ3n) is 1.58. The lowest BCUT2D eigenvalue weighted by atomic mass is 10.1. The van der Waals surface area contributed by atoms with Crippen LogP contribution in [-0.2, 0) is 6.42 Å². The molecule has 13 heavy (non-hydrogen) atoms. The fourth-order valence-corrected chi connectivity index (χ4v) is 1.22. The first-order valence-electron chi connectivity index (χ1n) is 3.90. The summed E-state index contributed by atoms with van der Waals surface area (Å²) in [7, 11) is 0. The summed E-state index contributed by atoms with van der Waals surface area (Å²) in [5.74, 6) is 0. The van der Waals surface area contributed by atoms with Gasteiger partial charge in [-0.1, -0.05) is 23.7 Å². The summed E-state index contributed by atoms with van der Waals surface area (Å²) in [6.45, 7) is 0.412. The molecule has 70 valence electrons. The average Bonchev–Trinajstić information content (AvgIpc) is 2.03. The number of benzene rings is 1. The van der Waals surface area contributed by atoms with Crippen molar-refractivity contribution in [3.05, 3.63) is 34.9 Å². The summed E-state index contributed by atoms with van der Waals surface area (Å²) < 4.78 is 0. The molecular weight excluding hydrogens is 190 g/mol. The van der Waals surface area contributed by atoms with Crippen LogP contribution in [-0.4, -0.2) is 17.7 Å². The number of halogens is 1. The maximum atomic E-state index is 10.1. The molecule has 1 amide bonds. The molecule has 0 saturated carbocycles. The minimum Gasteiger partial charge on any atom is -0.465 e. The third-order valence-corrected chi connectivity index (χ3v) is 1.81. The number of nitrogens with one attached hydrogen (secondary N) is 1. The summed E-state index contributed by atoms with van der Waals surface area (Å²) in [5.41, 5.74) is 1.03. The molecule has 0 fully saturated rings. The standard InChI is InChI=1S/C9H10ClNO2/c10-8-3-1-2-7(6-8)4-5-11-9(12)13/h1-3,6,11H,4-5H2,(H,12,13). The van der Waals surface area contributed by atoms with Crippen molar-refractivity contribution in [1.29, 1.82) is 0 Å². The molecule has 4 heteroatoms. The van der Waals surface area contributed by atoms with Crippen molar-refractivity contribution in [3.63, 3.8) is 0 Å². The van der Waals surface area contributed by atoms with E-state index in [1.54, 1.807) is 6.07 Å². The second-order valence-electron chi connectivity index (χ2n) is 2.61. The molecule has 0 saturated heterocycles. The summed E-state index contributed by atoms with van der Waals surface area (Å²) >= 11 is 5.75. The Morgan fingerprint density at radius 1 is 1.54 bits per heavy atom. The van der Waals surface area contributed by atoms with Gasteiger partial charge in [-0.05, 0) is 24.1 Å². The molecule has 1 aromatic rings. The lowest BCUT2D eigenvalue weighted by Gasteiger charge is -2.01. The van der Waals surface area contributed by atoms with Gasteiger partial charge in [0.05, 0.1) is 0 Å². The van der Waals surface area contributed by atoms with E-state index in [1.807, 2.05) is 18.2 Å². The predicted molar refractivity (Wildman–Crippen MR) is 51.2 cm³/mol. The Kier molecular flexibility index (Phi) is 3.58. The number of hydrogen-bond acceptors (Lipinski definition) is 1. The van der Waals surface area contributed by atoms with Gasteiger partial charge in [0.2, 0.25) is 0 Å². The first-order chi connectivity index (χ1) is 6.18. The molecule has 0 unspecified atom stereocenters. The van der Waals surface area contributed by atoms with Crippen molar-refractivity contribution < 1.29 is 9.90 Å². The number of rotatable bonds is 3. The lowest BCUT2D eigenvalue weighted by Crippen LogP contribution is -2.23. The quantitative estimate of drug-likeness (QED) is 0.784. The van der Waals surface area contributed by atoms with Crippen molar-refractivity contribution in [2.75, 3.05) is 6.54 Å². The largest absolute Gasteiger partial charge is 0.465 e. The zero-order valence-corrected chi connectivity index (χ0v) is 7.71. The van der Waals surface area contributed by atoms with E-state index in [4.69, 9.17) is 16.7 Å². The molecule has 1 rings (SSSR count). The average molecular weight is 200 g/mol. The first-order valence-corrected chi connectivity index (χ1v) is 4.27. The summed E-state index contributed by atoms with van der Waals surface area (Å²) in [6.07, 6.45) is -0.339. The molecule has 2 N–H and O–H groups in total. The van der Waals surface area contributed by atoms with Crippen molar-refractivity contribution >= 4 is 17.7 Å². The molecule has 1 aromatic carbocycles. The smallest absolute Gasteiger partial charge is 0.404 e. The molecule has 0 aromatic heterocycles. The van der Waals surface area contributed by atoms with Gasteiger partial charge in [-0.2, -0.15) is 0 Å². The molecular formula is C9H10ClNO2. The Morgan fingerprint density at radius 3 is 2.92 bits per heavy atom. The summed E-state index contributed by atoms with van der Waals surface area (Å²) in [6, 6.07) is 7.37. The van der Waals surface area contributed by atoms with E-state index in [0.29, 0.717) is 18.0 Å². The van der Waals surface area contributed by atoms with E-state index in [2.05, 4.69) is 5.32 Å². The summed E-state index contributed by atoms with van der Waals surface area (Å²) in [4.78, 5) is 10.1. The Bertz CT molecular complexity index is 301. The lowest BCUT2D eigenvalue weighted by molar-refractivity contribution is 0.194. The van der Waals surface area contributed by atoms with Gasteiger partial charge in [0.25, 0.3) is 0 Å². The fraction of sp³-hybridized carbons (Fsp3) is 0.222. The molecule has 0 aliphatic rings. The summed E-state index contributed by atoms with van der Waals surface area (Å²) in [5, 5.41) is 11.3. The minimum absolute atomic E-state index is 0.412. The third kappa shape index (κ3) is 3.80. The van der Waals surface area contributed by atoms with Crippen LogP contribution in [0.25, 0.3) is 0 Å². The highest BCUT2D eigenvalue weighted by Gasteiger charge is 1.96. The van der Waals surface area contributed by atoms with Gasteiger partial charge in [0.1, 0.15) is 0 Å². The van der Waals surface area contributed by atoms with Crippen LogP contribution in [0.5, 0.6) is 0 Å². The van der Waals surface area contributed by atoms with Gasteiger partial charge in [-0.3, -0.25) is 0 Å². The van der Waals surface area contributed by atoms with E-state index in [9.17, 15) is 4.79 Å². The maximum absolute atomic E-state index is 10.1.